The van der Waals surface area contributed by atoms with Gasteiger partial charge in [-0.1, -0.05) is 19.8 Å². The van der Waals surface area contributed by atoms with Crippen molar-refractivity contribution >= 4 is 58.2 Å². The molecule has 0 saturated carbocycles. The zero-order chi connectivity index (χ0) is 27.3. The van der Waals surface area contributed by atoms with E-state index in [0.29, 0.717) is 14.5 Å². The van der Waals surface area contributed by atoms with Crippen molar-refractivity contribution in [3.63, 3.8) is 0 Å². The first kappa shape index (κ1) is 28.0. The summed E-state index contributed by atoms with van der Waals surface area (Å²) in [5, 5.41) is 11.3. The number of fused-ring (bicyclic) bond motifs is 9. The van der Waals surface area contributed by atoms with Crippen LogP contribution in [0.4, 0.5) is 0 Å². The van der Waals surface area contributed by atoms with Gasteiger partial charge in [-0.15, -0.1) is 0 Å². The number of unbranched alkanes of at least 4 members (excludes halogenated alkanes) is 10. The Bertz CT molecular complexity index is 1510. The van der Waals surface area contributed by atoms with Gasteiger partial charge in [0.15, 0.2) is 0 Å². The normalized spacial score (nSPS) is 12.2. The fourth-order valence-corrected chi connectivity index (χ4v) is 9.96. The summed E-state index contributed by atoms with van der Waals surface area (Å²) in [7, 11) is 0. The average Bonchev–Trinajstić information content (AvgIpc) is 3.49. The number of aryl methyl sites for hydroxylation is 2. The molecular formula is C38H44SSe. The van der Waals surface area contributed by atoms with Crippen LogP contribution in [0.25, 0.3) is 52.8 Å². The molecule has 0 fully saturated rings. The van der Waals surface area contributed by atoms with Crippen molar-refractivity contribution in [1.29, 1.82) is 0 Å². The van der Waals surface area contributed by atoms with E-state index >= 15 is 0 Å². The number of hydrogen-bond acceptors (Lipinski definition) is 1. The van der Waals surface area contributed by atoms with Crippen LogP contribution >= 0.6 is 11.3 Å². The third-order valence-corrected chi connectivity index (χ3v) is 12.1. The minimum atomic E-state index is 0.441. The quantitative estimate of drug-likeness (QED) is 0.0849. The van der Waals surface area contributed by atoms with Gasteiger partial charge in [0.05, 0.1) is 0 Å². The van der Waals surface area contributed by atoms with Gasteiger partial charge in [0.1, 0.15) is 0 Å². The van der Waals surface area contributed by atoms with E-state index in [4.69, 9.17) is 0 Å². The monoisotopic (exact) mass is 612 g/mol. The number of rotatable bonds is 14. The van der Waals surface area contributed by atoms with E-state index in [0.717, 1.165) is 0 Å². The summed E-state index contributed by atoms with van der Waals surface area (Å²) in [6.07, 6.45) is 18.7. The number of hydrogen-bond donors (Lipinski definition) is 0. The zero-order valence-corrected chi connectivity index (χ0v) is 27.0. The molecule has 208 valence electrons. The van der Waals surface area contributed by atoms with E-state index in [9.17, 15) is 0 Å². The first-order chi connectivity index (χ1) is 19.8. The molecule has 2 aromatic carbocycles. The SMILES string of the molecule is CCCCCCCCc1c2scccc-2c2ccc3c(ccc4c5ccc[se]c-5c(CCCCCCCC)c43)c12. The van der Waals surface area contributed by atoms with Gasteiger partial charge in [-0.2, -0.15) is 0 Å². The standard InChI is InChI=1S/C38H44SSe/c1-3-5-7-9-11-13-17-33-35-27-22-24-30-32-20-16-26-40-38(32)34(18-14-12-10-8-6-4-2)36(30)28(27)21-23-29(35)31-19-15-25-39-37(31)33/h15-16,19-26H,3-14,17-18H2,1-2H3. The van der Waals surface area contributed by atoms with Gasteiger partial charge in [0.25, 0.3) is 0 Å². The first-order valence-corrected chi connectivity index (χ1v) is 18.7. The minimum absolute atomic E-state index is 0.441. The van der Waals surface area contributed by atoms with E-state index < -0.39 is 0 Å². The molecule has 4 aliphatic rings. The Morgan fingerprint density at radius 2 is 1.10 bits per heavy atom. The van der Waals surface area contributed by atoms with Gasteiger partial charge in [-0.3, -0.25) is 0 Å². The van der Waals surface area contributed by atoms with Gasteiger partial charge in [0, 0.05) is 0 Å². The van der Waals surface area contributed by atoms with E-state index in [1.54, 1.807) is 26.3 Å². The Morgan fingerprint density at radius 1 is 0.550 bits per heavy atom. The van der Waals surface area contributed by atoms with E-state index in [-0.39, 0.29) is 0 Å². The molecule has 0 bridgehead atoms. The van der Waals surface area contributed by atoms with Crippen LogP contribution in [0.3, 0.4) is 0 Å². The van der Waals surface area contributed by atoms with E-state index in [1.165, 1.54) is 127 Å². The molecule has 0 atom stereocenters. The van der Waals surface area contributed by atoms with Crippen LogP contribution in [-0.4, -0.2) is 14.5 Å². The van der Waals surface area contributed by atoms with Gasteiger partial charge in [-0.25, -0.2) is 0 Å². The predicted molar refractivity (Wildman–Crippen MR) is 181 cm³/mol. The van der Waals surface area contributed by atoms with Crippen molar-refractivity contribution in [2.45, 2.75) is 104 Å². The Labute approximate surface area is 251 Å². The average molecular weight is 612 g/mol. The summed E-state index contributed by atoms with van der Waals surface area (Å²) in [4.78, 5) is 3.94. The van der Waals surface area contributed by atoms with Crippen molar-refractivity contribution in [3.05, 3.63) is 70.0 Å². The molecule has 0 saturated heterocycles. The van der Waals surface area contributed by atoms with Gasteiger partial charge >= 0.3 is 233 Å². The maximum atomic E-state index is 2.47. The molecule has 2 heterocycles. The zero-order valence-electron chi connectivity index (χ0n) is 24.5. The molecule has 0 spiro atoms. The second-order valence-electron chi connectivity index (χ2n) is 11.8. The van der Waals surface area contributed by atoms with Crippen molar-refractivity contribution in [2.75, 3.05) is 0 Å². The van der Waals surface area contributed by atoms with Crippen molar-refractivity contribution in [1.82, 2.24) is 0 Å². The second kappa shape index (κ2) is 13.2. The van der Waals surface area contributed by atoms with Gasteiger partial charge < -0.3 is 0 Å². The van der Waals surface area contributed by atoms with Crippen molar-refractivity contribution in [3.8, 4) is 20.4 Å². The van der Waals surface area contributed by atoms with E-state index in [2.05, 4.69) is 72.7 Å². The molecule has 0 amide bonds. The molecule has 40 heavy (non-hydrogen) atoms. The molecular weight excluding hydrogens is 567 g/mol. The second-order valence-corrected chi connectivity index (χ2v) is 14.6. The van der Waals surface area contributed by atoms with Crippen LogP contribution in [0.5, 0.6) is 0 Å². The Kier molecular flexibility index (Phi) is 9.28. The summed E-state index contributed by atoms with van der Waals surface area (Å²) in [5.74, 6) is 0. The molecule has 0 unspecified atom stereocenters. The summed E-state index contributed by atoms with van der Waals surface area (Å²) >= 11 is 2.39. The van der Waals surface area contributed by atoms with Gasteiger partial charge in [-0.05, 0) is 0 Å². The molecule has 0 N–H and O–H groups in total. The maximum absolute atomic E-state index is 2.47. The molecule has 0 radical (unpaired) electrons. The number of benzene rings is 2. The Balaban J connectivity index is 1.46. The molecule has 0 nitrogen and oxygen atoms in total. The fraction of sp³-hybridized carbons (Fsp3) is 0.421. The van der Waals surface area contributed by atoms with Crippen LogP contribution in [-0.2, 0) is 12.8 Å². The molecule has 6 rings (SSSR count). The summed E-state index contributed by atoms with van der Waals surface area (Å²) in [5.41, 5.74) is 6.26. The van der Waals surface area contributed by atoms with Crippen LogP contribution in [0.2, 0.25) is 0 Å². The van der Waals surface area contributed by atoms with Crippen LogP contribution in [0, 0.1) is 0 Å². The summed E-state index contributed by atoms with van der Waals surface area (Å²) < 4.78 is 1.66. The predicted octanol–water partition coefficient (Wildman–Crippen LogP) is 12.3. The summed E-state index contributed by atoms with van der Waals surface area (Å²) in [6.45, 7) is 4.62. The van der Waals surface area contributed by atoms with Crippen molar-refractivity contribution < 1.29 is 0 Å². The van der Waals surface area contributed by atoms with Gasteiger partial charge in [0.2, 0.25) is 0 Å². The molecule has 2 aromatic rings. The summed E-state index contributed by atoms with van der Waals surface area (Å²) in [6, 6.07) is 19.2. The molecule has 0 aromatic heterocycles. The van der Waals surface area contributed by atoms with Crippen LogP contribution in [0.1, 0.15) is 102 Å². The Morgan fingerprint density at radius 3 is 1.80 bits per heavy atom. The third kappa shape index (κ3) is 5.40. The first-order valence-electron chi connectivity index (χ1n) is 16.0. The molecule has 2 aliphatic carbocycles. The molecule has 2 heteroatoms. The van der Waals surface area contributed by atoms with E-state index in [1.807, 2.05) is 11.3 Å². The third-order valence-electron chi connectivity index (χ3n) is 9.04. The Hall–Kier alpha value is -2.12. The van der Waals surface area contributed by atoms with Crippen LogP contribution in [0.15, 0.2) is 58.9 Å². The van der Waals surface area contributed by atoms with Crippen LogP contribution < -0.4 is 0 Å². The van der Waals surface area contributed by atoms with Crippen molar-refractivity contribution in [2.24, 2.45) is 0 Å². The fourth-order valence-electron chi connectivity index (χ4n) is 7.03. The molecule has 2 aliphatic heterocycles. The topological polar surface area (TPSA) is 0 Å².